The fourth-order valence-corrected chi connectivity index (χ4v) is 9.38. The van der Waals surface area contributed by atoms with Gasteiger partial charge in [0.05, 0.1) is 6.04 Å². The standard InChI is InChI=1S/C23H36N2S.C17H35N.C8H18N2.C2H6/c1-6-21(23-14-11-15-25(23)7-2)17(3)18(4)24-19(5)22(16-26)20-12-9-8-10-13-20;1-9-14(6)17(16(10-2)11-3)18(8)15(7)12-13(4)5;1-6(2)8(7(3)9)10(4)5;1-2/h7-10,12-13,17,19,21-24,26H,2,4,6,11,14-16H2,1,3,5H3;13-14,16-17H,7,9-12H2,1-6,8H3;6,8H,3,9H2,1-2,4-5H3;1-2H3. The van der Waals surface area contributed by atoms with Crippen LogP contribution in [-0.4, -0.2) is 72.3 Å². The van der Waals surface area contributed by atoms with E-state index in [2.05, 4.69) is 173 Å². The lowest BCUT2D eigenvalue weighted by Gasteiger charge is -2.40. The van der Waals surface area contributed by atoms with E-state index in [1.807, 2.05) is 34.1 Å². The van der Waals surface area contributed by atoms with Gasteiger partial charge < -0.3 is 25.8 Å². The van der Waals surface area contributed by atoms with Gasteiger partial charge in [0.2, 0.25) is 0 Å². The molecule has 2 rings (SSSR count). The SMILES string of the molecule is C=C(CC(C)C)N(C)C(C(C)CC)C(CC)CC.C=C(N)C(C(C)C)N(C)C.C=CN1CCCC1C(CC)C(C)C(=C)NC(C)C(CS)c1ccccc1.CC. The van der Waals surface area contributed by atoms with Gasteiger partial charge in [-0.25, -0.2) is 0 Å². The lowest BCUT2D eigenvalue weighted by atomic mass is 9.81. The predicted octanol–water partition coefficient (Wildman–Crippen LogP) is 12.9. The maximum atomic E-state index is 5.60. The highest BCUT2D eigenvalue weighted by Gasteiger charge is 2.34. The number of likely N-dealkylation sites (N-methyl/N-ethyl adjacent to an activating group) is 1. The van der Waals surface area contributed by atoms with Crippen LogP contribution in [0.5, 0.6) is 0 Å². The Hall–Kier alpha value is -2.31. The van der Waals surface area contributed by atoms with E-state index in [0.717, 1.165) is 41.9 Å². The summed E-state index contributed by atoms with van der Waals surface area (Å²) in [5, 5.41) is 3.71. The molecule has 0 saturated carbocycles. The van der Waals surface area contributed by atoms with E-state index in [9.17, 15) is 0 Å². The summed E-state index contributed by atoms with van der Waals surface area (Å²) in [6.45, 7) is 46.7. The van der Waals surface area contributed by atoms with Gasteiger partial charge in [-0.15, -0.1) is 0 Å². The van der Waals surface area contributed by atoms with E-state index in [1.165, 1.54) is 49.8 Å². The van der Waals surface area contributed by atoms with Crippen LogP contribution in [0.1, 0.15) is 146 Å². The van der Waals surface area contributed by atoms with Crippen molar-refractivity contribution in [3.8, 4) is 0 Å². The molecule has 3 N–H and O–H groups in total. The smallest absolute Gasteiger partial charge is 0.0504 e. The average molecular weight is 798 g/mol. The molecule has 1 aliphatic heterocycles. The van der Waals surface area contributed by atoms with Gasteiger partial charge in [-0.1, -0.05) is 165 Å². The Morgan fingerprint density at radius 2 is 1.46 bits per heavy atom. The number of likely N-dealkylation sites (tertiary alicyclic amines) is 1. The Morgan fingerprint density at radius 1 is 0.911 bits per heavy atom. The molecule has 0 radical (unpaired) electrons. The molecule has 326 valence electrons. The van der Waals surface area contributed by atoms with Crippen molar-refractivity contribution in [1.82, 2.24) is 20.0 Å². The highest BCUT2D eigenvalue weighted by Crippen LogP contribution is 2.34. The van der Waals surface area contributed by atoms with Crippen molar-refractivity contribution in [3.05, 3.63) is 85.5 Å². The van der Waals surface area contributed by atoms with Gasteiger partial charge in [0.1, 0.15) is 0 Å². The maximum absolute atomic E-state index is 5.60. The molecule has 1 saturated heterocycles. The van der Waals surface area contributed by atoms with Crippen molar-refractivity contribution in [1.29, 1.82) is 0 Å². The lowest BCUT2D eigenvalue weighted by molar-refractivity contribution is 0.139. The minimum absolute atomic E-state index is 0.306. The molecule has 0 aromatic heterocycles. The van der Waals surface area contributed by atoms with Crippen LogP contribution in [0.15, 0.2) is 79.9 Å². The molecule has 1 aliphatic rings. The summed E-state index contributed by atoms with van der Waals surface area (Å²) in [5.74, 6) is 4.99. The first-order valence-electron chi connectivity index (χ1n) is 22.4. The summed E-state index contributed by atoms with van der Waals surface area (Å²) in [6.07, 6.45) is 10.6. The Labute approximate surface area is 356 Å². The van der Waals surface area contributed by atoms with Crippen LogP contribution >= 0.6 is 12.6 Å². The van der Waals surface area contributed by atoms with E-state index < -0.39 is 0 Å². The molecular weight excluding hydrogens is 703 g/mol. The number of thiol groups is 1. The summed E-state index contributed by atoms with van der Waals surface area (Å²) in [6, 6.07) is 12.5. The molecule has 8 atom stereocenters. The molecule has 1 aromatic rings. The van der Waals surface area contributed by atoms with Gasteiger partial charge in [0.15, 0.2) is 0 Å². The highest BCUT2D eigenvalue weighted by atomic mass is 32.1. The zero-order valence-electron chi connectivity index (χ0n) is 39.9. The third-order valence-corrected chi connectivity index (χ3v) is 12.5. The number of hydrogen-bond acceptors (Lipinski definition) is 6. The summed E-state index contributed by atoms with van der Waals surface area (Å²) in [7, 11) is 6.28. The molecule has 1 heterocycles. The molecule has 0 amide bonds. The molecule has 1 aromatic carbocycles. The summed E-state index contributed by atoms with van der Waals surface area (Å²) in [4.78, 5) is 7.00. The average Bonchev–Trinajstić information content (AvgIpc) is 3.63. The highest BCUT2D eigenvalue weighted by molar-refractivity contribution is 7.80. The molecule has 5 nitrogen and oxygen atoms in total. The Kier molecular flexibility index (Phi) is 30.6. The number of nitrogens with two attached hydrogens (primary N) is 1. The zero-order chi connectivity index (χ0) is 43.7. The topological polar surface area (TPSA) is 47.8 Å². The van der Waals surface area contributed by atoms with Gasteiger partial charge in [-0.2, -0.15) is 12.6 Å². The van der Waals surface area contributed by atoms with Crippen LogP contribution in [0.3, 0.4) is 0 Å². The van der Waals surface area contributed by atoms with E-state index in [0.29, 0.717) is 53.8 Å². The van der Waals surface area contributed by atoms with Crippen LogP contribution in [0.4, 0.5) is 0 Å². The molecule has 0 bridgehead atoms. The Balaban J connectivity index is 0. The van der Waals surface area contributed by atoms with E-state index in [1.54, 1.807) is 0 Å². The van der Waals surface area contributed by atoms with Crippen molar-refractivity contribution in [2.45, 2.75) is 165 Å². The second-order valence-electron chi connectivity index (χ2n) is 17.1. The minimum Gasteiger partial charge on any atom is -0.401 e. The van der Waals surface area contributed by atoms with Gasteiger partial charge in [-0.3, -0.25) is 0 Å². The molecule has 0 aliphatic carbocycles. The third kappa shape index (κ3) is 19.0. The lowest BCUT2D eigenvalue weighted by Crippen LogP contribution is -2.41. The van der Waals surface area contributed by atoms with Crippen molar-refractivity contribution >= 4 is 12.6 Å². The van der Waals surface area contributed by atoms with Crippen molar-refractivity contribution < 1.29 is 0 Å². The monoisotopic (exact) mass is 798 g/mol. The molecule has 56 heavy (non-hydrogen) atoms. The van der Waals surface area contributed by atoms with Crippen molar-refractivity contribution in [2.75, 3.05) is 33.4 Å². The first kappa shape index (κ1) is 55.8. The number of allylic oxidation sites excluding steroid dienone is 2. The van der Waals surface area contributed by atoms with Crippen molar-refractivity contribution in [2.24, 2.45) is 41.2 Å². The van der Waals surface area contributed by atoms with Gasteiger partial charge in [-0.05, 0) is 93.3 Å². The first-order chi connectivity index (χ1) is 26.4. The second kappa shape index (κ2) is 30.7. The predicted molar refractivity (Wildman–Crippen MR) is 258 cm³/mol. The number of nitrogens with zero attached hydrogens (tertiary/aromatic N) is 3. The van der Waals surface area contributed by atoms with Crippen LogP contribution in [0.25, 0.3) is 0 Å². The van der Waals surface area contributed by atoms with Crippen LogP contribution < -0.4 is 11.1 Å². The van der Waals surface area contributed by atoms with Crippen molar-refractivity contribution in [3.63, 3.8) is 0 Å². The van der Waals surface area contributed by atoms with Gasteiger partial charge in [0, 0.05) is 54.7 Å². The third-order valence-electron chi connectivity index (χ3n) is 12.1. The molecule has 8 unspecified atom stereocenters. The van der Waals surface area contributed by atoms with E-state index in [4.69, 9.17) is 5.73 Å². The molecular formula is C50H95N5S. The van der Waals surface area contributed by atoms with E-state index >= 15 is 0 Å². The second-order valence-corrected chi connectivity index (χ2v) is 17.5. The molecule has 6 heteroatoms. The number of hydrogen-bond donors (Lipinski definition) is 3. The van der Waals surface area contributed by atoms with Crippen LogP contribution in [0.2, 0.25) is 0 Å². The summed E-state index contributed by atoms with van der Waals surface area (Å²) in [5.41, 5.74) is 10.2. The number of nitrogens with one attached hydrogen (secondary N) is 1. The summed E-state index contributed by atoms with van der Waals surface area (Å²) >= 11 is 4.61. The molecule has 1 fully saturated rings. The zero-order valence-corrected chi connectivity index (χ0v) is 40.8. The quantitative estimate of drug-likeness (QED) is 0.102. The fraction of sp³-hybridized carbons (Fsp3) is 0.720. The number of benzene rings is 1. The normalized spacial score (nSPS) is 17.5. The largest absolute Gasteiger partial charge is 0.401 e. The van der Waals surface area contributed by atoms with E-state index in [-0.39, 0.29) is 0 Å². The van der Waals surface area contributed by atoms with Crippen LogP contribution in [0, 0.1) is 35.5 Å². The number of rotatable bonds is 22. The Bertz CT molecular complexity index is 1170. The van der Waals surface area contributed by atoms with Gasteiger partial charge >= 0.3 is 0 Å². The van der Waals surface area contributed by atoms with Gasteiger partial charge in [0.25, 0.3) is 0 Å². The summed E-state index contributed by atoms with van der Waals surface area (Å²) < 4.78 is 0. The minimum atomic E-state index is 0.306. The van der Waals surface area contributed by atoms with Crippen LogP contribution in [-0.2, 0) is 0 Å². The first-order valence-corrected chi connectivity index (χ1v) is 23.0. The maximum Gasteiger partial charge on any atom is 0.0504 e. The Morgan fingerprint density at radius 3 is 1.84 bits per heavy atom. The molecule has 0 spiro atoms. The fourth-order valence-electron chi connectivity index (χ4n) is 8.85.